The van der Waals surface area contributed by atoms with Crippen LogP contribution in [0.3, 0.4) is 0 Å². The molecule has 1 saturated carbocycles. The fourth-order valence-electron chi connectivity index (χ4n) is 3.95. The summed E-state index contributed by atoms with van der Waals surface area (Å²) >= 11 is 0. The van der Waals surface area contributed by atoms with E-state index in [-0.39, 0.29) is 17.8 Å². The van der Waals surface area contributed by atoms with E-state index in [9.17, 15) is 9.18 Å². The highest BCUT2D eigenvalue weighted by molar-refractivity contribution is 5.81. The Kier molecular flexibility index (Phi) is 5.94. The van der Waals surface area contributed by atoms with E-state index in [2.05, 4.69) is 22.0 Å². The number of rotatable bonds is 4. The van der Waals surface area contributed by atoms with Gasteiger partial charge in [0.15, 0.2) is 0 Å². The first-order valence-electron chi connectivity index (χ1n) is 9.58. The van der Waals surface area contributed by atoms with Gasteiger partial charge in [0.1, 0.15) is 5.82 Å². The molecule has 0 bridgehead atoms. The second-order valence-electron chi connectivity index (χ2n) is 7.62. The predicted octanol–water partition coefficient (Wildman–Crippen LogP) is 3.03. The number of hydrogen-bond donors (Lipinski definition) is 1. The fraction of sp³-hybridized carbons (Fsp3) is 0.650. The molecule has 5 heteroatoms. The Hall–Kier alpha value is -1.62. The number of carbonyl (C=O) groups excluding carboxylic acids is 1. The van der Waals surface area contributed by atoms with E-state index in [4.69, 9.17) is 0 Å². The van der Waals surface area contributed by atoms with Crippen molar-refractivity contribution in [2.75, 3.05) is 31.1 Å². The van der Waals surface area contributed by atoms with Gasteiger partial charge in [0.25, 0.3) is 0 Å². The molecule has 4 nitrogen and oxygen atoms in total. The van der Waals surface area contributed by atoms with Crippen LogP contribution in [0, 0.1) is 11.7 Å². The number of nitrogens with one attached hydrogen (secondary N) is 1. The van der Waals surface area contributed by atoms with Gasteiger partial charge < -0.3 is 10.2 Å². The molecule has 1 aromatic rings. The van der Waals surface area contributed by atoms with E-state index in [0.29, 0.717) is 11.7 Å². The molecule has 3 rings (SSSR count). The lowest BCUT2D eigenvalue weighted by Gasteiger charge is -2.39. The van der Waals surface area contributed by atoms with Gasteiger partial charge in [-0.2, -0.15) is 0 Å². The minimum absolute atomic E-state index is 0.123. The van der Waals surface area contributed by atoms with Crippen LogP contribution in [0.1, 0.15) is 39.5 Å². The van der Waals surface area contributed by atoms with Crippen LogP contribution in [0.15, 0.2) is 24.3 Å². The van der Waals surface area contributed by atoms with Crippen LogP contribution >= 0.6 is 0 Å². The van der Waals surface area contributed by atoms with E-state index in [0.717, 1.165) is 44.9 Å². The summed E-state index contributed by atoms with van der Waals surface area (Å²) in [6, 6.07) is 7.13. The molecule has 0 radical (unpaired) electrons. The number of benzene rings is 1. The first-order chi connectivity index (χ1) is 12.0. The third-order valence-corrected chi connectivity index (χ3v) is 5.80. The molecule has 1 heterocycles. The topological polar surface area (TPSA) is 35.6 Å². The van der Waals surface area contributed by atoms with E-state index in [1.54, 1.807) is 6.07 Å². The largest absolute Gasteiger partial charge is 0.367 e. The van der Waals surface area contributed by atoms with Crippen LogP contribution < -0.4 is 10.2 Å². The molecule has 2 fully saturated rings. The van der Waals surface area contributed by atoms with Gasteiger partial charge in [-0.05, 0) is 50.7 Å². The summed E-state index contributed by atoms with van der Waals surface area (Å²) in [6.45, 7) is 7.34. The predicted molar refractivity (Wildman–Crippen MR) is 99.2 cm³/mol. The highest BCUT2D eigenvalue weighted by atomic mass is 19.1. The molecular formula is C20H30FN3O. The van der Waals surface area contributed by atoms with Gasteiger partial charge in [0.2, 0.25) is 5.91 Å². The average molecular weight is 347 g/mol. The van der Waals surface area contributed by atoms with Crippen LogP contribution in [0.5, 0.6) is 0 Å². The molecule has 1 amide bonds. The molecule has 0 aromatic heterocycles. The van der Waals surface area contributed by atoms with Gasteiger partial charge in [0, 0.05) is 32.2 Å². The van der Waals surface area contributed by atoms with Crippen molar-refractivity contribution in [1.29, 1.82) is 0 Å². The van der Waals surface area contributed by atoms with Crippen LogP contribution in [-0.4, -0.2) is 49.1 Å². The quantitative estimate of drug-likeness (QED) is 0.909. The number of hydrogen-bond acceptors (Lipinski definition) is 3. The van der Waals surface area contributed by atoms with E-state index < -0.39 is 0 Å². The zero-order valence-electron chi connectivity index (χ0n) is 15.4. The zero-order chi connectivity index (χ0) is 17.8. The van der Waals surface area contributed by atoms with Gasteiger partial charge in [-0.25, -0.2) is 4.39 Å². The Balaban J connectivity index is 1.48. The van der Waals surface area contributed by atoms with Crippen molar-refractivity contribution < 1.29 is 9.18 Å². The molecule has 1 atom stereocenters. The first-order valence-corrected chi connectivity index (χ1v) is 9.58. The molecule has 1 aliphatic carbocycles. The van der Waals surface area contributed by atoms with Crippen LogP contribution in [0.4, 0.5) is 10.1 Å². The van der Waals surface area contributed by atoms with Gasteiger partial charge in [-0.3, -0.25) is 9.69 Å². The second-order valence-corrected chi connectivity index (χ2v) is 7.62. The summed E-state index contributed by atoms with van der Waals surface area (Å²) in [5.74, 6) is 0.754. The minimum atomic E-state index is -0.173. The number of carbonyl (C=O) groups is 1. The summed E-state index contributed by atoms with van der Waals surface area (Å²) in [4.78, 5) is 16.8. The van der Waals surface area contributed by atoms with Gasteiger partial charge in [-0.15, -0.1) is 0 Å². The van der Waals surface area contributed by atoms with Crippen molar-refractivity contribution in [3.8, 4) is 0 Å². The number of nitrogens with zero attached hydrogens (tertiary/aromatic N) is 2. The van der Waals surface area contributed by atoms with E-state index in [1.165, 1.54) is 18.9 Å². The maximum atomic E-state index is 13.9. The minimum Gasteiger partial charge on any atom is -0.367 e. The molecule has 2 aliphatic rings. The van der Waals surface area contributed by atoms with Crippen molar-refractivity contribution in [2.24, 2.45) is 5.92 Å². The smallest absolute Gasteiger partial charge is 0.237 e. The standard InChI is InChI=1S/C20H30FN3O/c1-15-7-9-17(10-8-15)22-20(25)16(2)23-11-13-24(14-12-23)19-6-4-3-5-18(19)21/h3-6,15-17H,7-14H2,1-2H3,(H,22,25). The molecule has 138 valence electrons. The van der Waals surface area contributed by atoms with E-state index in [1.807, 2.05) is 19.1 Å². The molecule has 0 spiro atoms. The maximum Gasteiger partial charge on any atom is 0.237 e. The van der Waals surface area contributed by atoms with Gasteiger partial charge >= 0.3 is 0 Å². The van der Waals surface area contributed by atoms with Crippen molar-refractivity contribution >= 4 is 11.6 Å². The lowest BCUT2D eigenvalue weighted by molar-refractivity contribution is -0.127. The number of amides is 1. The lowest BCUT2D eigenvalue weighted by atomic mass is 9.87. The third kappa shape index (κ3) is 4.51. The third-order valence-electron chi connectivity index (χ3n) is 5.80. The van der Waals surface area contributed by atoms with Gasteiger partial charge in [0.05, 0.1) is 11.7 Å². The Morgan fingerprint density at radius 3 is 2.40 bits per heavy atom. The maximum absolute atomic E-state index is 13.9. The van der Waals surface area contributed by atoms with Crippen molar-refractivity contribution in [2.45, 2.75) is 51.6 Å². The first kappa shape index (κ1) is 18.2. The number of para-hydroxylation sites is 1. The van der Waals surface area contributed by atoms with E-state index >= 15 is 0 Å². The Labute approximate surface area is 150 Å². The summed E-state index contributed by atoms with van der Waals surface area (Å²) < 4.78 is 13.9. The molecule has 1 N–H and O–H groups in total. The number of halogens is 1. The van der Waals surface area contributed by atoms with Crippen LogP contribution in [-0.2, 0) is 4.79 Å². The Morgan fingerprint density at radius 1 is 1.12 bits per heavy atom. The number of piperazine rings is 1. The lowest BCUT2D eigenvalue weighted by Crippen LogP contribution is -2.55. The van der Waals surface area contributed by atoms with Crippen LogP contribution in [0.25, 0.3) is 0 Å². The Bertz CT molecular complexity index is 578. The second kappa shape index (κ2) is 8.17. The zero-order valence-corrected chi connectivity index (χ0v) is 15.4. The summed E-state index contributed by atoms with van der Waals surface area (Å²) in [5.41, 5.74) is 0.663. The van der Waals surface area contributed by atoms with Crippen LogP contribution in [0.2, 0.25) is 0 Å². The Morgan fingerprint density at radius 2 is 1.76 bits per heavy atom. The average Bonchev–Trinajstić information content (AvgIpc) is 2.63. The van der Waals surface area contributed by atoms with Crippen molar-refractivity contribution in [1.82, 2.24) is 10.2 Å². The summed E-state index contributed by atoms with van der Waals surface area (Å²) in [7, 11) is 0. The van der Waals surface area contributed by atoms with Gasteiger partial charge in [-0.1, -0.05) is 19.1 Å². The summed E-state index contributed by atoms with van der Waals surface area (Å²) in [5, 5.41) is 3.23. The summed E-state index contributed by atoms with van der Waals surface area (Å²) in [6.07, 6.45) is 4.61. The number of anilines is 1. The molecule has 1 aliphatic heterocycles. The fourth-order valence-corrected chi connectivity index (χ4v) is 3.95. The highest BCUT2D eigenvalue weighted by Crippen LogP contribution is 2.24. The molecule has 25 heavy (non-hydrogen) atoms. The monoisotopic (exact) mass is 347 g/mol. The highest BCUT2D eigenvalue weighted by Gasteiger charge is 2.28. The molecule has 1 saturated heterocycles. The molecule has 1 unspecified atom stereocenters. The van der Waals surface area contributed by atoms with Crippen molar-refractivity contribution in [3.05, 3.63) is 30.1 Å². The van der Waals surface area contributed by atoms with Crippen molar-refractivity contribution in [3.63, 3.8) is 0 Å². The normalized spacial score (nSPS) is 26.3. The molecular weight excluding hydrogens is 317 g/mol. The SMILES string of the molecule is CC1CCC(NC(=O)C(C)N2CCN(c3ccccc3F)CC2)CC1. The molecule has 1 aromatic carbocycles.